The van der Waals surface area contributed by atoms with Gasteiger partial charge in [-0.05, 0) is 38.0 Å². The minimum absolute atomic E-state index is 0.0523. The maximum Gasteiger partial charge on any atom is 0.329 e. The molecule has 1 saturated carbocycles. The first-order chi connectivity index (χ1) is 12.0. The van der Waals surface area contributed by atoms with Gasteiger partial charge in [0.1, 0.15) is 11.0 Å². The molecule has 1 amide bonds. The first kappa shape index (κ1) is 17.8. The van der Waals surface area contributed by atoms with Crippen molar-refractivity contribution in [1.29, 1.82) is 0 Å². The van der Waals surface area contributed by atoms with Crippen LogP contribution in [0.25, 0.3) is 0 Å². The van der Waals surface area contributed by atoms with Gasteiger partial charge in [0.15, 0.2) is 0 Å². The molecule has 1 fully saturated rings. The molecule has 1 heterocycles. The van der Waals surface area contributed by atoms with Gasteiger partial charge in [0.25, 0.3) is 0 Å². The molecule has 3 rings (SSSR count). The van der Waals surface area contributed by atoms with Crippen molar-refractivity contribution in [2.45, 2.75) is 30.2 Å². The lowest BCUT2D eigenvalue weighted by atomic mass is 10.2. The summed E-state index contributed by atoms with van der Waals surface area (Å²) in [6, 6.07) is 5.51. The van der Waals surface area contributed by atoms with Crippen LogP contribution in [0.3, 0.4) is 0 Å². The molecule has 0 aliphatic heterocycles. The third-order valence-corrected chi connectivity index (χ3v) is 6.10. The smallest absolute Gasteiger partial charge is 0.329 e. The molecule has 2 N–H and O–H groups in total. The second kappa shape index (κ2) is 7.06. The minimum atomic E-state index is -1.33. The molecule has 0 spiro atoms. The highest BCUT2D eigenvalue weighted by atomic mass is 32.2. The van der Waals surface area contributed by atoms with E-state index in [0.717, 1.165) is 12.8 Å². The lowest BCUT2D eigenvalue weighted by Crippen LogP contribution is -2.29. The largest absolute Gasteiger partial charge is 0.466 e. The lowest BCUT2D eigenvalue weighted by molar-refractivity contribution is -0.105. The van der Waals surface area contributed by atoms with Gasteiger partial charge in [-0.3, -0.25) is 4.79 Å². The predicted molar refractivity (Wildman–Crippen MR) is 97.8 cm³/mol. The Bertz CT molecular complexity index is 806. The fraction of sp³-hybridized carbons (Fsp3) is 0.400. The van der Waals surface area contributed by atoms with Crippen LogP contribution in [0.2, 0.25) is 0 Å². The summed E-state index contributed by atoms with van der Waals surface area (Å²) in [7, 11) is 1.97. The summed E-state index contributed by atoms with van der Waals surface area (Å²) in [5.41, 5.74) is 1.20. The van der Waals surface area contributed by atoms with Gasteiger partial charge in [-0.25, -0.2) is 8.93 Å². The second-order valence-corrected chi connectivity index (χ2v) is 7.94. The van der Waals surface area contributed by atoms with E-state index < -0.39 is 11.0 Å². The number of nitrogens with zero attached hydrogens (tertiary/aromatic N) is 3. The van der Waals surface area contributed by atoms with E-state index in [-0.39, 0.29) is 11.5 Å². The average Bonchev–Trinajstić information content (AvgIpc) is 3.13. The van der Waals surface area contributed by atoms with Crippen LogP contribution in [0, 0.1) is 0 Å². The summed E-state index contributed by atoms with van der Waals surface area (Å²) in [6.45, 7) is 2.05. The number of hydrogen-bond donors (Lipinski definition) is 2. The minimum Gasteiger partial charge on any atom is -0.466 e. The van der Waals surface area contributed by atoms with Crippen LogP contribution in [-0.4, -0.2) is 39.7 Å². The predicted octanol–water partition coefficient (Wildman–Crippen LogP) is 2.05. The van der Waals surface area contributed by atoms with Crippen molar-refractivity contribution in [3.05, 3.63) is 18.2 Å². The highest BCUT2D eigenvalue weighted by Crippen LogP contribution is 2.37. The zero-order chi connectivity index (χ0) is 18.0. The molecule has 1 aromatic carbocycles. The van der Waals surface area contributed by atoms with Crippen molar-refractivity contribution in [3.63, 3.8) is 0 Å². The Morgan fingerprint density at radius 1 is 1.44 bits per heavy atom. The van der Waals surface area contributed by atoms with Gasteiger partial charge in [-0.1, -0.05) is 0 Å². The number of methoxy groups -OCH3 is 1. The number of nitrogens with one attached hydrogen (secondary N) is 2. The SMILES string of the molecule is COc1nsc(N(C)c2cc(S(=O)NC3(C)CC3)ccc2NC=O)n1. The molecular formula is C15H19N5O3S2. The molecule has 8 nitrogen and oxygen atoms in total. The summed E-state index contributed by atoms with van der Waals surface area (Å²) in [5.74, 6) is 0. The molecule has 1 aliphatic rings. The highest BCUT2D eigenvalue weighted by molar-refractivity contribution is 7.83. The summed E-state index contributed by atoms with van der Waals surface area (Å²) < 4.78 is 24.8. The van der Waals surface area contributed by atoms with Gasteiger partial charge >= 0.3 is 6.01 Å². The van der Waals surface area contributed by atoms with Crippen molar-refractivity contribution in [3.8, 4) is 6.01 Å². The quantitative estimate of drug-likeness (QED) is 0.680. The number of benzene rings is 1. The molecule has 2 aromatic rings. The maximum absolute atomic E-state index is 12.6. The van der Waals surface area contributed by atoms with Gasteiger partial charge in [0, 0.05) is 24.1 Å². The Morgan fingerprint density at radius 3 is 2.80 bits per heavy atom. The van der Waals surface area contributed by atoms with E-state index in [1.54, 1.807) is 30.1 Å². The molecule has 1 unspecified atom stereocenters. The Morgan fingerprint density at radius 2 is 2.20 bits per heavy atom. The van der Waals surface area contributed by atoms with Gasteiger partial charge in [-0.2, -0.15) is 4.98 Å². The molecule has 0 bridgehead atoms. The topological polar surface area (TPSA) is 96.5 Å². The number of carbonyl (C=O) groups is 1. The number of hydrogen-bond acceptors (Lipinski definition) is 7. The fourth-order valence-electron chi connectivity index (χ4n) is 2.19. The van der Waals surface area contributed by atoms with Crippen LogP contribution in [0.4, 0.5) is 16.5 Å². The van der Waals surface area contributed by atoms with E-state index in [9.17, 15) is 9.00 Å². The Balaban J connectivity index is 1.92. The molecule has 1 aromatic heterocycles. The van der Waals surface area contributed by atoms with Crippen molar-refractivity contribution < 1.29 is 13.7 Å². The molecule has 0 saturated heterocycles. The van der Waals surface area contributed by atoms with E-state index in [1.807, 2.05) is 6.92 Å². The van der Waals surface area contributed by atoms with Crippen LogP contribution in [0.15, 0.2) is 23.1 Å². The Hall–Kier alpha value is -2.04. The summed E-state index contributed by atoms with van der Waals surface area (Å²) in [5, 5.41) is 3.25. The first-order valence-electron chi connectivity index (χ1n) is 7.61. The number of anilines is 3. The molecule has 25 heavy (non-hydrogen) atoms. The molecule has 1 atom stereocenters. The summed E-state index contributed by atoms with van der Waals surface area (Å²) in [6.07, 6.45) is 2.63. The van der Waals surface area contributed by atoms with Crippen LogP contribution in [-0.2, 0) is 15.8 Å². The van der Waals surface area contributed by atoms with E-state index >= 15 is 0 Å². The Kier molecular flexibility index (Phi) is 5.02. The number of carbonyl (C=O) groups excluding carboxylic acids is 1. The fourth-order valence-corrected chi connectivity index (χ4v) is 3.98. The van der Waals surface area contributed by atoms with Gasteiger partial charge in [0.2, 0.25) is 11.5 Å². The van der Waals surface area contributed by atoms with Crippen molar-refractivity contribution in [1.82, 2.24) is 14.1 Å². The zero-order valence-corrected chi connectivity index (χ0v) is 15.7. The maximum atomic E-state index is 12.6. The summed E-state index contributed by atoms with van der Waals surface area (Å²) >= 11 is 1.17. The van der Waals surface area contributed by atoms with Crippen LogP contribution in [0.5, 0.6) is 6.01 Å². The molecular weight excluding hydrogens is 362 g/mol. The van der Waals surface area contributed by atoms with Crippen LogP contribution < -0.4 is 19.7 Å². The van der Waals surface area contributed by atoms with Crippen LogP contribution in [0.1, 0.15) is 19.8 Å². The molecule has 0 radical (unpaired) electrons. The number of aromatic nitrogens is 2. The van der Waals surface area contributed by atoms with Crippen molar-refractivity contribution in [2.24, 2.45) is 0 Å². The van der Waals surface area contributed by atoms with Crippen LogP contribution >= 0.6 is 11.5 Å². The van der Waals surface area contributed by atoms with E-state index in [0.29, 0.717) is 27.8 Å². The van der Waals surface area contributed by atoms with E-state index in [1.165, 1.54) is 18.6 Å². The van der Waals surface area contributed by atoms with Gasteiger partial charge in [0.05, 0.1) is 23.4 Å². The number of rotatable bonds is 8. The van der Waals surface area contributed by atoms with Gasteiger partial charge < -0.3 is 15.0 Å². The van der Waals surface area contributed by atoms with E-state index in [4.69, 9.17) is 4.74 Å². The second-order valence-electron chi connectivity index (χ2n) is 6.00. The number of amides is 1. The normalized spacial score (nSPS) is 16.1. The monoisotopic (exact) mass is 381 g/mol. The molecule has 134 valence electrons. The van der Waals surface area contributed by atoms with E-state index in [2.05, 4.69) is 19.4 Å². The third-order valence-electron chi connectivity index (χ3n) is 3.96. The Labute approximate surface area is 152 Å². The molecule has 1 aliphatic carbocycles. The summed E-state index contributed by atoms with van der Waals surface area (Å²) in [4.78, 5) is 17.6. The van der Waals surface area contributed by atoms with Gasteiger partial charge in [-0.15, -0.1) is 4.37 Å². The van der Waals surface area contributed by atoms with Crippen molar-refractivity contribution in [2.75, 3.05) is 24.4 Å². The zero-order valence-electron chi connectivity index (χ0n) is 14.1. The highest BCUT2D eigenvalue weighted by Gasteiger charge is 2.38. The molecule has 10 heteroatoms. The van der Waals surface area contributed by atoms with Crippen molar-refractivity contribution >= 4 is 45.4 Å². The average molecular weight is 381 g/mol. The standard InChI is InChI=1S/C15H19N5O3S2/c1-15(6-7-15)19-25(22)10-4-5-11(16-9-21)12(8-10)20(2)14-17-13(23-3)18-24-14/h4-5,8-9,19H,6-7H2,1-3H3,(H,16,21). The third kappa shape index (κ3) is 3.97. The number of ether oxygens (including phenoxy) is 1. The lowest BCUT2D eigenvalue weighted by Gasteiger charge is -2.20. The first-order valence-corrected chi connectivity index (χ1v) is 9.53.